The summed E-state index contributed by atoms with van der Waals surface area (Å²) in [7, 11) is 0. The summed E-state index contributed by atoms with van der Waals surface area (Å²) in [5.74, 6) is -0.340. The molecule has 0 saturated heterocycles. The summed E-state index contributed by atoms with van der Waals surface area (Å²) in [6.07, 6.45) is 2.60. The first-order valence-electron chi connectivity index (χ1n) is 5.25. The molecule has 0 radical (unpaired) electrons. The van der Waals surface area contributed by atoms with Gasteiger partial charge in [-0.05, 0) is 12.1 Å². The maximum atomic E-state index is 10.5. The second-order valence-corrected chi connectivity index (χ2v) is 4.20. The van der Waals surface area contributed by atoms with Crippen LogP contribution in [0.25, 0.3) is 6.08 Å². The molecule has 0 spiro atoms. The van der Waals surface area contributed by atoms with Gasteiger partial charge in [0.25, 0.3) is 0 Å². The van der Waals surface area contributed by atoms with Gasteiger partial charge in [0, 0.05) is 17.0 Å². The molecule has 2 rings (SSSR count). The van der Waals surface area contributed by atoms with Gasteiger partial charge in [-0.2, -0.15) is 0 Å². The van der Waals surface area contributed by atoms with Crippen LogP contribution in [0.1, 0.15) is 11.3 Å². The average molecular weight is 261 g/mol. The molecule has 0 fully saturated rings. The minimum Gasteiger partial charge on any atom is -0.487 e. The number of rotatable bonds is 5. The maximum Gasteiger partial charge on any atom is 0.328 e. The number of carbonyl (C=O) groups is 1. The van der Waals surface area contributed by atoms with Gasteiger partial charge in [0.15, 0.2) is 0 Å². The first kappa shape index (κ1) is 12.3. The minimum atomic E-state index is -0.982. The Hall–Kier alpha value is -2.14. The van der Waals surface area contributed by atoms with Gasteiger partial charge < -0.3 is 9.84 Å². The Bertz CT molecular complexity index is 549. The number of benzene rings is 1. The van der Waals surface area contributed by atoms with Gasteiger partial charge in [-0.1, -0.05) is 18.2 Å². The quantitative estimate of drug-likeness (QED) is 0.841. The summed E-state index contributed by atoms with van der Waals surface area (Å²) < 4.78 is 5.61. The topological polar surface area (TPSA) is 59.4 Å². The lowest BCUT2D eigenvalue weighted by atomic mass is 10.2. The molecule has 5 heteroatoms. The van der Waals surface area contributed by atoms with Gasteiger partial charge >= 0.3 is 5.97 Å². The van der Waals surface area contributed by atoms with E-state index >= 15 is 0 Å². The number of hydrogen-bond donors (Lipinski definition) is 1. The summed E-state index contributed by atoms with van der Waals surface area (Å²) in [6, 6.07) is 7.27. The number of carboxylic acid groups (broad SMARTS) is 1. The predicted molar refractivity (Wildman–Crippen MR) is 69.6 cm³/mol. The lowest BCUT2D eigenvalue weighted by molar-refractivity contribution is -0.131. The number of ether oxygens (including phenoxy) is 1. The number of para-hydroxylation sites is 1. The Morgan fingerprint density at radius 2 is 2.28 bits per heavy atom. The third-order valence-electron chi connectivity index (χ3n) is 2.18. The molecule has 0 aliphatic carbocycles. The first-order chi connectivity index (χ1) is 8.75. The van der Waals surface area contributed by atoms with E-state index < -0.39 is 5.97 Å². The van der Waals surface area contributed by atoms with Crippen LogP contribution in [0.4, 0.5) is 0 Å². The summed E-state index contributed by atoms with van der Waals surface area (Å²) >= 11 is 1.51. The number of thiazole rings is 1. The van der Waals surface area contributed by atoms with E-state index in [9.17, 15) is 4.79 Å². The van der Waals surface area contributed by atoms with Crippen molar-refractivity contribution in [2.24, 2.45) is 0 Å². The SMILES string of the molecule is O=C(O)/C=C/c1ccccc1OCc1cscn1. The van der Waals surface area contributed by atoms with Crippen LogP contribution >= 0.6 is 11.3 Å². The van der Waals surface area contributed by atoms with Crippen LogP contribution in [0.5, 0.6) is 5.75 Å². The molecule has 0 bridgehead atoms. The Kier molecular flexibility index (Phi) is 4.09. The monoisotopic (exact) mass is 261 g/mol. The van der Waals surface area contributed by atoms with E-state index in [1.165, 1.54) is 17.4 Å². The average Bonchev–Trinajstić information content (AvgIpc) is 2.88. The van der Waals surface area contributed by atoms with Gasteiger partial charge in [-0.15, -0.1) is 11.3 Å². The fraction of sp³-hybridized carbons (Fsp3) is 0.0769. The van der Waals surface area contributed by atoms with Crippen LogP contribution in [0, 0.1) is 0 Å². The molecule has 4 nitrogen and oxygen atoms in total. The molecule has 18 heavy (non-hydrogen) atoms. The van der Waals surface area contributed by atoms with E-state index in [2.05, 4.69) is 4.98 Å². The van der Waals surface area contributed by atoms with Crippen molar-refractivity contribution in [2.75, 3.05) is 0 Å². The number of hydrogen-bond acceptors (Lipinski definition) is 4. The van der Waals surface area contributed by atoms with E-state index in [0.717, 1.165) is 17.3 Å². The van der Waals surface area contributed by atoms with Crippen molar-refractivity contribution in [1.29, 1.82) is 0 Å². The molecule has 1 aromatic heterocycles. The van der Waals surface area contributed by atoms with Crippen LogP contribution in [-0.4, -0.2) is 16.1 Å². The highest BCUT2D eigenvalue weighted by Gasteiger charge is 2.02. The molecular weight excluding hydrogens is 250 g/mol. The van der Waals surface area contributed by atoms with E-state index in [1.807, 2.05) is 17.5 Å². The van der Waals surface area contributed by atoms with Crippen LogP contribution in [0.15, 0.2) is 41.2 Å². The van der Waals surface area contributed by atoms with E-state index in [0.29, 0.717) is 12.4 Å². The van der Waals surface area contributed by atoms with Gasteiger partial charge in [0.2, 0.25) is 0 Å². The van der Waals surface area contributed by atoms with Crippen molar-refractivity contribution in [3.63, 3.8) is 0 Å². The molecule has 0 aliphatic heterocycles. The second-order valence-electron chi connectivity index (χ2n) is 3.48. The summed E-state index contributed by atoms with van der Waals surface area (Å²) in [5.41, 5.74) is 3.33. The zero-order valence-electron chi connectivity index (χ0n) is 9.45. The third kappa shape index (κ3) is 3.43. The van der Waals surface area contributed by atoms with Crippen molar-refractivity contribution in [1.82, 2.24) is 4.98 Å². The molecule has 0 atom stereocenters. The number of carboxylic acids is 1. The Morgan fingerprint density at radius 1 is 1.44 bits per heavy atom. The van der Waals surface area contributed by atoms with Crippen molar-refractivity contribution in [3.05, 3.63) is 52.5 Å². The Balaban J connectivity index is 2.09. The summed E-state index contributed by atoms with van der Waals surface area (Å²) in [6.45, 7) is 0.376. The normalized spacial score (nSPS) is 10.7. The highest BCUT2D eigenvalue weighted by molar-refractivity contribution is 7.07. The van der Waals surface area contributed by atoms with Crippen LogP contribution < -0.4 is 4.74 Å². The molecule has 0 amide bonds. The number of nitrogens with zero attached hydrogens (tertiary/aromatic N) is 1. The van der Waals surface area contributed by atoms with Crippen molar-refractivity contribution in [2.45, 2.75) is 6.61 Å². The minimum absolute atomic E-state index is 0.376. The van der Waals surface area contributed by atoms with Crippen LogP contribution in [0.3, 0.4) is 0 Å². The van der Waals surface area contributed by atoms with Gasteiger partial charge in [-0.25, -0.2) is 9.78 Å². The molecule has 1 N–H and O–H groups in total. The van der Waals surface area contributed by atoms with Gasteiger partial charge in [0.1, 0.15) is 12.4 Å². The van der Waals surface area contributed by atoms with Gasteiger partial charge in [-0.3, -0.25) is 0 Å². The third-order valence-corrected chi connectivity index (χ3v) is 2.82. The van der Waals surface area contributed by atoms with Crippen LogP contribution in [0.2, 0.25) is 0 Å². The molecule has 1 aromatic carbocycles. The lowest BCUT2D eigenvalue weighted by Gasteiger charge is -2.07. The highest BCUT2D eigenvalue weighted by atomic mass is 32.1. The smallest absolute Gasteiger partial charge is 0.328 e. The molecule has 1 heterocycles. The summed E-state index contributed by atoms with van der Waals surface area (Å²) in [5, 5.41) is 10.5. The molecule has 0 aliphatic rings. The van der Waals surface area contributed by atoms with Crippen LogP contribution in [-0.2, 0) is 11.4 Å². The zero-order chi connectivity index (χ0) is 12.8. The van der Waals surface area contributed by atoms with Gasteiger partial charge in [0.05, 0.1) is 11.2 Å². The second kappa shape index (κ2) is 5.97. The first-order valence-corrected chi connectivity index (χ1v) is 6.20. The molecular formula is C13H11NO3S. The molecule has 92 valence electrons. The molecule has 0 saturated carbocycles. The number of aromatic nitrogens is 1. The summed E-state index contributed by atoms with van der Waals surface area (Å²) in [4.78, 5) is 14.6. The standard InChI is InChI=1S/C13H11NO3S/c15-13(16)6-5-10-3-1-2-4-12(10)17-7-11-8-18-9-14-11/h1-6,8-9H,7H2,(H,15,16)/b6-5+. The van der Waals surface area contributed by atoms with E-state index in [4.69, 9.17) is 9.84 Å². The van der Waals surface area contributed by atoms with Crippen molar-refractivity contribution < 1.29 is 14.6 Å². The maximum absolute atomic E-state index is 10.5. The zero-order valence-corrected chi connectivity index (χ0v) is 10.3. The fourth-order valence-electron chi connectivity index (χ4n) is 1.37. The molecule has 0 unspecified atom stereocenters. The lowest BCUT2D eigenvalue weighted by Crippen LogP contribution is -1.97. The largest absolute Gasteiger partial charge is 0.487 e. The fourth-order valence-corrected chi connectivity index (χ4v) is 1.91. The van der Waals surface area contributed by atoms with Crippen molar-refractivity contribution in [3.8, 4) is 5.75 Å². The Morgan fingerprint density at radius 3 is 3.00 bits per heavy atom. The van der Waals surface area contributed by atoms with E-state index in [-0.39, 0.29) is 0 Å². The number of aliphatic carboxylic acids is 1. The predicted octanol–water partition coefficient (Wildman–Crippen LogP) is 2.82. The highest BCUT2D eigenvalue weighted by Crippen LogP contribution is 2.20. The van der Waals surface area contributed by atoms with Crippen molar-refractivity contribution >= 4 is 23.4 Å². The Labute approximate surface area is 108 Å². The van der Waals surface area contributed by atoms with E-state index in [1.54, 1.807) is 17.6 Å². The molecule has 2 aromatic rings.